The summed E-state index contributed by atoms with van der Waals surface area (Å²) in [5, 5.41) is 0. The predicted octanol–water partition coefficient (Wildman–Crippen LogP) is 3.40. The number of benzene rings is 1. The van der Waals surface area contributed by atoms with Crippen molar-refractivity contribution in [3.8, 4) is 0 Å². The van der Waals surface area contributed by atoms with Gasteiger partial charge in [0.05, 0.1) is 0 Å². The van der Waals surface area contributed by atoms with Gasteiger partial charge in [-0.1, -0.05) is 18.2 Å². The average molecular weight is 243 g/mol. The molecule has 1 aromatic rings. The van der Waals surface area contributed by atoms with Crippen LogP contribution in [0, 0.1) is 11.2 Å². The van der Waals surface area contributed by atoms with Crippen molar-refractivity contribution in [2.75, 3.05) is 19.1 Å². The van der Waals surface area contributed by atoms with Gasteiger partial charge >= 0.3 is 0 Å². The Balaban J connectivity index is 2.15. The number of rotatable bonds is 3. The van der Waals surface area contributed by atoms with Crippen molar-refractivity contribution in [3.05, 3.63) is 35.6 Å². The molecule has 0 radical (unpaired) electrons. The summed E-state index contributed by atoms with van der Waals surface area (Å²) in [7, 11) is 0. The molecule has 0 saturated carbocycles. The van der Waals surface area contributed by atoms with Crippen LogP contribution in [0.15, 0.2) is 24.3 Å². The lowest BCUT2D eigenvalue weighted by Crippen LogP contribution is -2.33. The number of halogens is 2. The highest BCUT2D eigenvalue weighted by atomic mass is 35.5. The van der Waals surface area contributed by atoms with Gasteiger partial charge in [-0.25, -0.2) is 4.39 Å². The molecule has 1 aliphatic rings. The fraction of sp³-hybridized carbons (Fsp3) is 0.538. The third kappa shape index (κ3) is 2.55. The molecule has 0 bridgehead atoms. The van der Waals surface area contributed by atoms with Gasteiger partial charge in [-0.3, -0.25) is 0 Å². The van der Waals surface area contributed by atoms with Gasteiger partial charge in [0.25, 0.3) is 0 Å². The van der Waals surface area contributed by atoms with E-state index in [-0.39, 0.29) is 11.2 Å². The van der Waals surface area contributed by atoms with Crippen LogP contribution in [0.3, 0.4) is 0 Å². The molecule has 2 rings (SSSR count). The SMILES string of the molecule is Fc1ccccc1CC1(CCl)CCOCC1. The fourth-order valence-corrected chi connectivity index (χ4v) is 2.57. The summed E-state index contributed by atoms with van der Waals surface area (Å²) >= 11 is 6.06. The molecule has 0 aromatic heterocycles. The van der Waals surface area contributed by atoms with Crippen LogP contribution in [0.4, 0.5) is 4.39 Å². The normalized spacial score (nSPS) is 19.6. The van der Waals surface area contributed by atoms with E-state index in [1.54, 1.807) is 6.07 Å². The molecule has 88 valence electrons. The van der Waals surface area contributed by atoms with Crippen molar-refractivity contribution in [2.45, 2.75) is 19.3 Å². The second kappa shape index (κ2) is 5.15. The smallest absolute Gasteiger partial charge is 0.126 e. The van der Waals surface area contributed by atoms with Gasteiger partial charge in [0.1, 0.15) is 5.82 Å². The minimum Gasteiger partial charge on any atom is -0.381 e. The number of ether oxygens (including phenoxy) is 1. The highest BCUT2D eigenvalue weighted by molar-refractivity contribution is 6.18. The summed E-state index contributed by atoms with van der Waals surface area (Å²) in [6.07, 6.45) is 2.56. The minimum absolute atomic E-state index is 0.0159. The highest BCUT2D eigenvalue weighted by Gasteiger charge is 2.32. The van der Waals surface area contributed by atoms with Gasteiger partial charge in [-0.2, -0.15) is 0 Å². The molecule has 1 saturated heterocycles. The lowest BCUT2D eigenvalue weighted by Gasteiger charge is -2.35. The van der Waals surface area contributed by atoms with Gasteiger partial charge in [0, 0.05) is 19.1 Å². The number of hydrogen-bond donors (Lipinski definition) is 0. The Morgan fingerprint density at radius 2 is 1.94 bits per heavy atom. The molecule has 3 heteroatoms. The van der Waals surface area contributed by atoms with Crippen LogP contribution in [-0.2, 0) is 11.2 Å². The number of alkyl halides is 1. The van der Waals surface area contributed by atoms with Crippen molar-refractivity contribution in [1.29, 1.82) is 0 Å². The van der Waals surface area contributed by atoms with Crippen LogP contribution in [0.1, 0.15) is 18.4 Å². The van der Waals surface area contributed by atoms with Gasteiger partial charge in [-0.05, 0) is 36.3 Å². The van der Waals surface area contributed by atoms with E-state index in [1.165, 1.54) is 6.07 Å². The molecule has 1 aromatic carbocycles. The topological polar surface area (TPSA) is 9.23 Å². The molecule has 16 heavy (non-hydrogen) atoms. The van der Waals surface area contributed by atoms with Crippen LogP contribution in [0.2, 0.25) is 0 Å². The summed E-state index contributed by atoms with van der Waals surface area (Å²) in [6.45, 7) is 1.47. The van der Waals surface area contributed by atoms with E-state index in [9.17, 15) is 4.39 Å². The van der Waals surface area contributed by atoms with E-state index in [4.69, 9.17) is 16.3 Å². The summed E-state index contributed by atoms with van der Waals surface area (Å²) in [4.78, 5) is 0. The Bertz CT molecular complexity index is 348. The van der Waals surface area contributed by atoms with Crippen molar-refractivity contribution in [1.82, 2.24) is 0 Å². The van der Waals surface area contributed by atoms with Crippen molar-refractivity contribution >= 4 is 11.6 Å². The second-order valence-corrected chi connectivity index (χ2v) is 4.78. The molecular weight excluding hydrogens is 227 g/mol. The largest absolute Gasteiger partial charge is 0.381 e. The maximum absolute atomic E-state index is 13.6. The molecule has 0 spiro atoms. The molecule has 1 fully saturated rings. The van der Waals surface area contributed by atoms with Crippen LogP contribution in [0.5, 0.6) is 0 Å². The van der Waals surface area contributed by atoms with E-state index in [0.717, 1.165) is 31.6 Å². The summed E-state index contributed by atoms with van der Waals surface area (Å²) in [5.74, 6) is 0.448. The average Bonchev–Trinajstić information content (AvgIpc) is 2.33. The molecule has 0 unspecified atom stereocenters. The first kappa shape index (κ1) is 11.9. The van der Waals surface area contributed by atoms with E-state index in [1.807, 2.05) is 12.1 Å². The monoisotopic (exact) mass is 242 g/mol. The van der Waals surface area contributed by atoms with Crippen LogP contribution in [-0.4, -0.2) is 19.1 Å². The molecular formula is C13H16ClFO. The zero-order valence-electron chi connectivity index (χ0n) is 9.22. The van der Waals surface area contributed by atoms with Crippen molar-refractivity contribution < 1.29 is 9.13 Å². The van der Waals surface area contributed by atoms with Gasteiger partial charge in [0.2, 0.25) is 0 Å². The van der Waals surface area contributed by atoms with Crippen LogP contribution < -0.4 is 0 Å². The third-order valence-electron chi connectivity index (χ3n) is 3.36. The van der Waals surface area contributed by atoms with Gasteiger partial charge < -0.3 is 4.74 Å². The van der Waals surface area contributed by atoms with Crippen molar-refractivity contribution in [2.24, 2.45) is 5.41 Å². The predicted molar refractivity (Wildman–Crippen MR) is 63.3 cm³/mol. The standard InChI is InChI=1S/C13H16ClFO/c14-10-13(5-7-16-8-6-13)9-11-3-1-2-4-12(11)15/h1-4H,5-10H2. The Morgan fingerprint density at radius 1 is 1.25 bits per heavy atom. The third-order valence-corrected chi connectivity index (χ3v) is 3.93. The van der Waals surface area contributed by atoms with E-state index in [2.05, 4.69) is 0 Å². The highest BCUT2D eigenvalue weighted by Crippen LogP contribution is 2.36. The van der Waals surface area contributed by atoms with Crippen molar-refractivity contribution in [3.63, 3.8) is 0 Å². The maximum atomic E-state index is 13.6. The van der Waals surface area contributed by atoms with E-state index < -0.39 is 0 Å². The minimum atomic E-state index is -0.126. The van der Waals surface area contributed by atoms with Gasteiger partial charge in [-0.15, -0.1) is 11.6 Å². The Labute approximate surface area is 101 Å². The second-order valence-electron chi connectivity index (χ2n) is 4.51. The Kier molecular flexibility index (Phi) is 3.82. The number of hydrogen-bond acceptors (Lipinski definition) is 1. The quantitative estimate of drug-likeness (QED) is 0.739. The lowest BCUT2D eigenvalue weighted by atomic mass is 9.77. The van der Waals surface area contributed by atoms with E-state index in [0.29, 0.717) is 12.3 Å². The summed E-state index contributed by atoms with van der Waals surface area (Å²) < 4.78 is 18.9. The maximum Gasteiger partial charge on any atom is 0.126 e. The lowest BCUT2D eigenvalue weighted by molar-refractivity contribution is 0.0254. The zero-order chi connectivity index (χ0) is 11.4. The first-order chi connectivity index (χ1) is 7.76. The molecule has 1 aliphatic heterocycles. The van der Waals surface area contributed by atoms with Gasteiger partial charge in [0.15, 0.2) is 0 Å². The summed E-state index contributed by atoms with van der Waals surface area (Å²) in [5.41, 5.74) is 0.784. The van der Waals surface area contributed by atoms with E-state index >= 15 is 0 Å². The molecule has 0 aliphatic carbocycles. The molecule has 1 nitrogen and oxygen atoms in total. The molecule has 0 atom stereocenters. The molecule has 0 amide bonds. The van der Waals surface area contributed by atoms with Crippen LogP contribution in [0.25, 0.3) is 0 Å². The molecule has 1 heterocycles. The first-order valence-electron chi connectivity index (χ1n) is 5.63. The fourth-order valence-electron chi connectivity index (χ4n) is 2.21. The Hall–Kier alpha value is -0.600. The molecule has 0 N–H and O–H groups in total. The first-order valence-corrected chi connectivity index (χ1v) is 6.16. The Morgan fingerprint density at radius 3 is 2.56 bits per heavy atom. The summed E-state index contributed by atoms with van der Waals surface area (Å²) in [6, 6.07) is 6.95. The van der Waals surface area contributed by atoms with Crippen LogP contribution >= 0.6 is 11.6 Å². The zero-order valence-corrected chi connectivity index (χ0v) is 9.97.